The number of rotatable bonds is 11. The summed E-state index contributed by atoms with van der Waals surface area (Å²) in [4.78, 5) is 37.8. The van der Waals surface area contributed by atoms with Crippen molar-refractivity contribution in [3.8, 4) is 11.3 Å². The number of ketones is 1. The first-order valence-electron chi connectivity index (χ1n) is 12.9. The third-order valence-corrected chi connectivity index (χ3v) is 7.51. The lowest BCUT2D eigenvalue weighted by atomic mass is 10.0. The molecule has 0 aliphatic rings. The highest BCUT2D eigenvalue weighted by atomic mass is 32.1. The smallest absolute Gasteiger partial charge is 0.263 e. The van der Waals surface area contributed by atoms with Crippen LogP contribution in [-0.2, 0) is 0 Å². The number of anilines is 1. The van der Waals surface area contributed by atoms with E-state index in [2.05, 4.69) is 44.5 Å². The van der Waals surface area contributed by atoms with E-state index in [4.69, 9.17) is 5.73 Å². The SMILES string of the molecule is Nc1c(F)cc(F)cc1C(=O)CCCCC[C@H](NC(=O)c1cncs1)c1ncc(-c2ccc3ccccc3c2)[nH]1. The minimum atomic E-state index is -0.940. The van der Waals surface area contributed by atoms with Gasteiger partial charge in [-0.2, -0.15) is 0 Å². The van der Waals surface area contributed by atoms with E-state index < -0.39 is 23.5 Å². The van der Waals surface area contributed by atoms with Crippen molar-refractivity contribution < 1.29 is 18.4 Å². The van der Waals surface area contributed by atoms with E-state index in [0.717, 1.165) is 28.1 Å². The molecule has 0 saturated carbocycles. The van der Waals surface area contributed by atoms with Crippen LogP contribution in [0.1, 0.15) is 64.0 Å². The highest BCUT2D eigenvalue weighted by molar-refractivity contribution is 7.11. The molecule has 0 saturated heterocycles. The number of halogens is 2. The minimum Gasteiger partial charge on any atom is -0.396 e. The quantitative estimate of drug-likeness (QED) is 0.0930. The van der Waals surface area contributed by atoms with Gasteiger partial charge < -0.3 is 16.0 Å². The van der Waals surface area contributed by atoms with Crippen LogP contribution in [0.2, 0.25) is 0 Å². The Morgan fingerprint density at radius 1 is 1.00 bits per heavy atom. The molecule has 4 N–H and O–H groups in total. The topological polar surface area (TPSA) is 114 Å². The summed E-state index contributed by atoms with van der Waals surface area (Å²) in [6.45, 7) is 0. The summed E-state index contributed by atoms with van der Waals surface area (Å²) < 4.78 is 27.3. The number of imidazole rings is 1. The summed E-state index contributed by atoms with van der Waals surface area (Å²) in [7, 11) is 0. The summed E-state index contributed by atoms with van der Waals surface area (Å²) in [5, 5.41) is 5.30. The highest BCUT2D eigenvalue weighted by Crippen LogP contribution is 2.27. The fourth-order valence-corrected chi connectivity index (χ4v) is 5.14. The molecule has 2 heterocycles. The number of benzene rings is 3. The van der Waals surface area contributed by atoms with Crippen molar-refractivity contribution in [1.82, 2.24) is 20.3 Å². The Balaban J connectivity index is 1.25. The molecule has 40 heavy (non-hydrogen) atoms. The number of unbranched alkanes of at least 4 members (excludes halogenated alkanes) is 2. The average molecular weight is 560 g/mol. The number of nitrogens with one attached hydrogen (secondary N) is 2. The van der Waals surface area contributed by atoms with Gasteiger partial charge in [0.1, 0.15) is 22.3 Å². The first-order chi connectivity index (χ1) is 19.4. The van der Waals surface area contributed by atoms with Gasteiger partial charge in [-0.15, -0.1) is 11.3 Å². The maximum atomic E-state index is 13.7. The molecule has 0 unspecified atom stereocenters. The van der Waals surface area contributed by atoms with Crippen LogP contribution in [0.25, 0.3) is 22.0 Å². The Morgan fingerprint density at radius 3 is 2.62 bits per heavy atom. The van der Waals surface area contributed by atoms with E-state index >= 15 is 0 Å². The van der Waals surface area contributed by atoms with Gasteiger partial charge in [-0.3, -0.25) is 14.6 Å². The number of aromatic amines is 1. The fourth-order valence-electron chi connectivity index (χ4n) is 4.61. The Morgan fingerprint density at radius 2 is 1.82 bits per heavy atom. The van der Waals surface area contributed by atoms with E-state index in [1.165, 1.54) is 17.5 Å². The molecule has 5 rings (SSSR count). The lowest BCUT2D eigenvalue weighted by molar-refractivity contribution is 0.0935. The predicted molar refractivity (Wildman–Crippen MR) is 152 cm³/mol. The van der Waals surface area contributed by atoms with Crippen molar-refractivity contribution in [1.29, 1.82) is 0 Å². The van der Waals surface area contributed by atoms with Gasteiger partial charge in [0.25, 0.3) is 5.91 Å². The van der Waals surface area contributed by atoms with Gasteiger partial charge in [-0.05, 0) is 35.7 Å². The summed E-state index contributed by atoms with van der Waals surface area (Å²) in [6.07, 6.45) is 5.80. The van der Waals surface area contributed by atoms with E-state index in [1.807, 2.05) is 18.2 Å². The molecule has 0 bridgehead atoms. The lowest BCUT2D eigenvalue weighted by Crippen LogP contribution is -2.28. The lowest BCUT2D eigenvalue weighted by Gasteiger charge is -2.16. The average Bonchev–Trinajstić information content (AvgIpc) is 3.67. The molecule has 0 fully saturated rings. The fraction of sp³-hybridized carbons (Fsp3) is 0.200. The maximum Gasteiger partial charge on any atom is 0.263 e. The second-order valence-electron chi connectivity index (χ2n) is 9.51. The number of aromatic nitrogens is 3. The van der Waals surface area contributed by atoms with E-state index in [1.54, 1.807) is 11.7 Å². The second kappa shape index (κ2) is 12.2. The molecule has 0 aliphatic carbocycles. The van der Waals surface area contributed by atoms with Crippen molar-refractivity contribution in [3.63, 3.8) is 0 Å². The third-order valence-electron chi connectivity index (χ3n) is 6.74. The Bertz CT molecular complexity index is 1650. The maximum absolute atomic E-state index is 13.7. The molecule has 3 aromatic carbocycles. The zero-order valence-corrected chi connectivity index (χ0v) is 22.3. The number of Topliss-reactive ketones (excluding diaryl/α,β-unsaturated/α-hetero) is 1. The van der Waals surface area contributed by atoms with Crippen LogP contribution in [0.5, 0.6) is 0 Å². The van der Waals surface area contributed by atoms with Gasteiger partial charge >= 0.3 is 0 Å². The van der Waals surface area contributed by atoms with Gasteiger partial charge in [0, 0.05) is 23.6 Å². The van der Waals surface area contributed by atoms with Gasteiger partial charge in [-0.25, -0.2) is 13.8 Å². The number of amides is 1. The minimum absolute atomic E-state index is 0.109. The Hall–Kier alpha value is -4.44. The van der Waals surface area contributed by atoms with Crippen LogP contribution in [0.3, 0.4) is 0 Å². The molecule has 0 spiro atoms. The van der Waals surface area contributed by atoms with Gasteiger partial charge in [0.15, 0.2) is 5.78 Å². The monoisotopic (exact) mass is 559 g/mol. The zero-order valence-electron chi connectivity index (χ0n) is 21.5. The first kappa shape index (κ1) is 27.1. The van der Waals surface area contributed by atoms with Gasteiger partial charge in [0.2, 0.25) is 0 Å². The van der Waals surface area contributed by atoms with Crippen LogP contribution in [0.4, 0.5) is 14.5 Å². The molecule has 1 amide bonds. The molecule has 5 aromatic rings. The molecule has 7 nitrogen and oxygen atoms in total. The largest absolute Gasteiger partial charge is 0.396 e. The summed E-state index contributed by atoms with van der Waals surface area (Å²) >= 11 is 1.25. The summed E-state index contributed by atoms with van der Waals surface area (Å²) in [5.41, 5.74) is 8.58. The van der Waals surface area contributed by atoms with Crippen molar-refractivity contribution >= 4 is 39.5 Å². The van der Waals surface area contributed by atoms with Crippen molar-refractivity contribution in [2.75, 3.05) is 5.73 Å². The number of nitrogens with zero attached hydrogens (tertiary/aromatic N) is 2. The third kappa shape index (κ3) is 6.23. The number of carbonyl (C=O) groups excluding carboxylic acids is 2. The summed E-state index contributed by atoms with van der Waals surface area (Å²) in [6, 6.07) is 15.5. The second-order valence-corrected chi connectivity index (χ2v) is 10.4. The molecule has 0 aliphatic heterocycles. The number of nitrogen functional groups attached to an aromatic ring is 1. The number of hydrogen-bond acceptors (Lipinski definition) is 6. The number of hydrogen-bond donors (Lipinski definition) is 3. The highest BCUT2D eigenvalue weighted by Gasteiger charge is 2.20. The number of carbonyl (C=O) groups is 2. The predicted octanol–water partition coefficient (Wildman–Crippen LogP) is 6.85. The normalized spacial score (nSPS) is 11.9. The molecule has 204 valence electrons. The molecular formula is C30H27F2N5O2S. The van der Waals surface area contributed by atoms with E-state index in [0.29, 0.717) is 42.5 Å². The van der Waals surface area contributed by atoms with Gasteiger partial charge in [0.05, 0.1) is 35.3 Å². The van der Waals surface area contributed by atoms with Crippen LogP contribution in [0, 0.1) is 11.6 Å². The standard InChI is InChI=1S/C30H27F2N5O2S/c31-21-13-22(28(33)23(32)14-21)26(38)9-3-1-2-8-24(37-30(39)27-16-34-17-40-27)29-35-15-25(36-29)20-11-10-18-6-4-5-7-19(18)12-20/h4-7,10-17,24H,1-3,8-9,33H2,(H,35,36)(H,37,39)/t24-/m0/s1. The first-order valence-corrected chi connectivity index (χ1v) is 13.8. The number of nitrogens with two attached hydrogens (primary N) is 1. The Labute approximate surface area is 233 Å². The molecular weight excluding hydrogens is 532 g/mol. The van der Waals surface area contributed by atoms with Crippen molar-refractivity contribution in [2.24, 2.45) is 0 Å². The van der Waals surface area contributed by atoms with Gasteiger partial charge in [-0.1, -0.05) is 49.2 Å². The number of fused-ring (bicyclic) bond motifs is 1. The van der Waals surface area contributed by atoms with Crippen LogP contribution < -0.4 is 11.1 Å². The van der Waals surface area contributed by atoms with Crippen molar-refractivity contribution in [3.05, 3.63) is 100 Å². The van der Waals surface area contributed by atoms with Crippen LogP contribution in [-0.4, -0.2) is 26.6 Å². The van der Waals surface area contributed by atoms with E-state index in [-0.39, 0.29) is 23.6 Å². The van der Waals surface area contributed by atoms with Crippen LogP contribution in [0.15, 0.2) is 72.5 Å². The number of H-pyrrole nitrogens is 1. The van der Waals surface area contributed by atoms with Crippen LogP contribution >= 0.6 is 11.3 Å². The summed E-state index contributed by atoms with van der Waals surface area (Å²) in [5.74, 6) is -1.80. The van der Waals surface area contributed by atoms with Crippen molar-refractivity contribution in [2.45, 2.75) is 38.1 Å². The zero-order chi connectivity index (χ0) is 28.1. The molecule has 2 aromatic heterocycles. The molecule has 1 atom stereocenters. The molecule has 10 heteroatoms. The number of thiazole rings is 1. The Kier molecular flexibility index (Phi) is 8.26. The van der Waals surface area contributed by atoms with E-state index in [9.17, 15) is 18.4 Å². The molecule has 0 radical (unpaired) electrons.